The van der Waals surface area contributed by atoms with Crippen LogP contribution in [0, 0.1) is 0 Å². The van der Waals surface area contributed by atoms with E-state index in [9.17, 15) is 0 Å². The number of hydrogen-bond acceptors (Lipinski definition) is 3. The van der Waals surface area contributed by atoms with E-state index < -0.39 is 0 Å². The highest BCUT2D eigenvalue weighted by Crippen LogP contribution is 2.20. The van der Waals surface area contributed by atoms with Crippen LogP contribution >= 0.6 is 27.3 Å². The molecule has 5 heteroatoms. The van der Waals surface area contributed by atoms with E-state index in [4.69, 9.17) is 5.73 Å². The van der Waals surface area contributed by atoms with E-state index >= 15 is 0 Å². The SMILES string of the molecule is NC(Cc1cn2ccsc2n1)c1cccc(Br)c1. The third-order valence-corrected chi connectivity index (χ3v) is 4.11. The van der Waals surface area contributed by atoms with Gasteiger partial charge < -0.3 is 5.73 Å². The van der Waals surface area contributed by atoms with Crippen LogP contribution in [0.4, 0.5) is 0 Å². The van der Waals surface area contributed by atoms with Gasteiger partial charge in [0.25, 0.3) is 0 Å². The van der Waals surface area contributed by atoms with E-state index in [0.29, 0.717) is 0 Å². The number of hydrogen-bond donors (Lipinski definition) is 1. The number of imidazole rings is 1. The zero-order valence-electron chi connectivity index (χ0n) is 9.58. The molecule has 0 aliphatic carbocycles. The van der Waals surface area contributed by atoms with Crippen molar-refractivity contribution in [1.82, 2.24) is 9.38 Å². The van der Waals surface area contributed by atoms with Crippen LogP contribution in [0.2, 0.25) is 0 Å². The Morgan fingerprint density at radius 2 is 2.33 bits per heavy atom. The van der Waals surface area contributed by atoms with Crippen molar-refractivity contribution in [1.29, 1.82) is 0 Å². The van der Waals surface area contributed by atoms with Crippen molar-refractivity contribution in [2.45, 2.75) is 12.5 Å². The molecule has 0 spiro atoms. The Bertz CT molecular complexity index is 645. The van der Waals surface area contributed by atoms with E-state index in [1.165, 1.54) is 0 Å². The Balaban J connectivity index is 1.81. The molecule has 0 aliphatic heterocycles. The van der Waals surface area contributed by atoms with Crippen LogP contribution in [0.1, 0.15) is 17.3 Å². The van der Waals surface area contributed by atoms with Gasteiger partial charge in [0.1, 0.15) is 0 Å². The summed E-state index contributed by atoms with van der Waals surface area (Å²) in [4.78, 5) is 5.57. The maximum atomic E-state index is 6.22. The molecule has 3 aromatic rings. The first-order valence-electron chi connectivity index (χ1n) is 5.64. The maximum Gasteiger partial charge on any atom is 0.193 e. The van der Waals surface area contributed by atoms with Gasteiger partial charge in [-0.15, -0.1) is 11.3 Å². The number of rotatable bonds is 3. The van der Waals surface area contributed by atoms with Gasteiger partial charge in [0.2, 0.25) is 0 Å². The van der Waals surface area contributed by atoms with Crippen LogP contribution in [-0.2, 0) is 6.42 Å². The normalized spacial score (nSPS) is 13.0. The molecule has 3 nitrogen and oxygen atoms in total. The lowest BCUT2D eigenvalue weighted by Crippen LogP contribution is -2.13. The summed E-state index contributed by atoms with van der Waals surface area (Å²) in [6.07, 6.45) is 4.82. The highest BCUT2D eigenvalue weighted by molar-refractivity contribution is 9.10. The summed E-state index contributed by atoms with van der Waals surface area (Å²) < 4.78 is 3.09. The average molecular weight is 322 g/mol. The largest absolute Gasteiger partial charge is 0.324 e. The number of fused-ring (bicyclic) bond motifs is 1. The Hall–Kier alpha value is -1.17. The van der Waals surface area contributed by atoms with E-state index in [1.54, 1.807) is 11.3 Å². The van der Waals surface area contributed by atoms with Crippen molar-refractivity contribution in [2.75, 3.05) is 0 Å². The molecule has 2 heterocycles. The van der Waals surface area contributed by atoms with Crippen molar-refractivity contribution < 1.29 is 0 Å². The summed E-state index contributed by atoms with van der Waals surface area (Å²) in [5.41, 5.74) is 8.38. The van der Waals surface area contributed by atoms with Gasteiger partial charge >= 0.3 is 0 Å². The predicted octanol–water partition coefficient (Wildman–Crippen LogP) is 3.40. The van der Waals surface area contributed by atoms with Crippen LogP contribution in [0.5, 0.6) is 0 Å². The zero-order chi connectivity index (χ0) is 12.5. The molecule has 0 saturated heterocycles. The van der Waals surface area contributed by atoms with Gasteiger partial charge in [0.15, 0.2) is 4.96 Å². The van der Waals surface area contributed by atoms with Gasteiger partial charge in [-0.05, 0) is 17.7 Å². The van der Waals surface area contributed by atoms with Crippen LogP contribution in [0.25, 0.3) is 4.96 Å². The van der Waals surface area contributed by atoms with Crippen molar-refractivity contribution in [3.05, 3.63) is 57.8 Å². The first-order valence-corrected chi connectivity index (χ1v) is 7.32. The zero-order valence-corrected chi connectivity index (χ0v) is 12.0. The second kappa shape index (κ2) is 4.84. The standard InChI is InChI=1S/C13H12BrN3S/c14-10-3-1-2-9(6-10)12(15)7-11-8-17-4-5-18-13(17)16-11/h1-6,8,12H,7,15H2. The molecule has 0 fully saturated rings. The van der Waals surface area contributed by atoms with Crippen molar-refractivity contribution in [3.63, 3.8) is 0 Å². The fourth-order valence-corrected chi connectivity index (χ4v) is 3.09. The van der Waals surface area contributed by atoms with Gasteiger partial charge in [-0.2, -0.15) is 0 Å². The number of aromatic nitrogens is 2. The number of benzene rings is 1. The van der Waals surface area contributed by atoms with Crippen LogP contribution in [0.15, 0.2) is 46.5 Å². The number of halogens is 1. The van der Waals surface area contributed by atoms with Gasteiger partial charge in [0, 0.05) is 34.7 Å². The highest BCUT2D eigenvalue weighted by Gasteiger charge is 2.10. The number of nitrogens with zero attached hydrogens (tertiary/aromatic N) is 2. The lowest BCUT2D eigenvalue weighted by molar-refractivity contribution is 0.710. The van der Waals surface area contributed by atoms with Gasteiger partial charge in [-0.1, -0.05) is 28.1 Å². The highest BCUT2D eigenvalue weighted by atomic mass is 79.9. The summed E-state index contributed by atoms with van der Waals surface area (Å²) in [5.74, 6) is 0. The minimum Gasteiger partial charge on any atom is -0.324 e. The number of thiazole rings is 1. The molecule has 92 valence electrons. The molecule has 0 bridgehead atoms. The maximum absolute atomic E-state index is 6.22. The molecule has 0 aliphatic rings. The molecule has 3 rings (SSSR count). The summed E-state index contributed by atoms with van der Waals surface area (Å²) in [6.45, 7) is 0. The molecule has 2 N–H and O–H groups in total. The molecule has 0 amide bonds. The second-order valence-electron chi connectivity index (χ2n) is 4.19. The first kappa shape index (κ1) is 11.9. The van der Waals surface area contributed by atoms with Crippen LogP contribution in [-0.4, -0.2) is 9.38 Å². The third kappa shape index (κ3) is 2.34. The molecular weight excluding hydrogens is 310 g/mol. The molecule has 0 radical (unpaired) electrons. The fraction of sp³-hybridized carbons (Fsp3) is 0.154. The first-order chi connectivity index (χ1) is 8.72. The van der Waals surface area contributed by atoms with Gasteiger partial charge in [0.05, 0.1) is 5.69 Å². The number of nitrogens with two attached hydrogens (primary N) is 1. The summed E-state index contributed by atoms with van der Waals surface area (Å²) in [7, 11) is 0. The smallest absolute Gasteiger partial charge is 0.193 e. The molecule has 2 aromatic heterocycles. The predicted molar refractivity (Wildman–Crippen MR) is 77.8 cm³/mol. The molecular formula is C13H12BrN3S. The fourth-order valence-electron chi connectivity index (χ4n) is 1.95. The van der Waals surface area contributed by atoms with Gasteiger partial charge in [-0.25, -0.2) is 4.98 Å². The van der Waals surface area contributed by atoms with Crippen molar-refractivity contribution >= 4 is 32.2 Å². The van der Waals surface area contributed by atoms with E-state index in [-0.39, 0.29) is 6.04 Å². The van der Waals surface area contributed by atoms with Gasteiger partial charge in [-0.3, -0.25) is 4.40 Å². The van der Waals surface area contributed by atoms with Crippen molar-refractivity contribution in [3.8, 4) is 0 Å². The summed E-state index contributed by atoms with van der Waals surface area (Å²) in [5, 5.41) is 2.03. The lowest BCUT2D eigenvalue weighted by atomic mass is 10.0. The van der Waals surface area contributed by atoms with E-state index in [0.717, 1.165) is 27.1 Å². The molecule has 18 heavy (non-hydrogen) atoms. The Morgan fingerprint density at radius 3 is 3.11 bits per heavy atom. The van der Waals surface area contributed by atoms with Crippen LogP contribution in [0.3, 0.4) is 0 Å². The Kier molecular flexibility index (Phi) is 3.20. The van der Waals surface area contributed by atoms with Crippen molar-refractivity contribution in [2.24, 2.45) is 5.73 Å². The van der Waals surface area contributed by atoms with Crippen LogP contribution < -0.4 is 5.73 Å². The van der Waals surface area contributed by atoms with E-state index in [2.05, 4.69) is 27.0 Å². The molecule has 1 atom stereocenters. The minimum atomic E-state index is -0.0212. The summed E-state index contributed by atoms with van der Waals surface area (Å²) >= 11 is 5.10. The summed E-state index contributed by atoms with van der Waals surface area (Å²) in [6, 6.07) is 8.09. The Labute approximate surface area is 117 Å². The quantitative estimate of drug-likeness (QED) is 0.803. The monoisotopic (exact) mass is 321 g/mol. The Morgan fingerprint density at radius 1 is 1.44 bits per heavy atom. The molecule has 1 aromatic carbocycles. The lowest BCUT2D eigenvalue weighted by Gasteiger charge is -2.10. The molecule has 0 saturated carbocycles. The second-order valence-corrected chi connectivity index (χ2v) is 5.98. The minimum absolute atomic E-state index is 0.0212. The third-order valence-electron chi connectivity index (χ3n) is 2.85. The molecule has 1 unspecified atom stereocenters. The topological polar surface area (TPSA) is 43.3 Å². The average Bonchev–Trinajstić information content (AvgIpc) is 2.89. The van der Waals surface area contributed by atoms with E-state index in [1.807, 2.05) is 40.4 Å².